The summed E-state index contributed by atoms with van der Waals surface area (Å²) >= 11 is 0. The van der Waals surface area contributed by atoms with Crippen LogP contribution in [0.3, 0.4) is 0 Å². The molecule has 0 bridgehead atoms. The van der Waals surface area contributed by atoms with Crippen molar-refractivity contribution in [1.29, 1.82) is 0 Å². The number of nitrogens with one attached hydrogen (secondary N) is 2. The molecule has 1 aromatic rings. The maximum atomic E-state index is 11.1. The Morgan fingerprint density at radius 3 is 2.94 bits per heavy atom. The maximum Gasteiger partial charge on any atom is 0.212 e. The van der Waals surface area contributed by atoms with E-state index in [0.29, 0.717) is 13.1 Å². The first-order valence-electron chi connectivity index (χ1n) is 4.85. The normalized spacial score (nSPS) is 11.6. The van der Waals surface area contributed by atoms with Gasteiger partial charge in [-0.05, 0) is 7.05 Å². The molecule has 0 aromatic carbocycles. The molecule has 0 unspecified atom stereocenters. The van der Waals surface area contributed by atoms with E-state index < -0.39 is 10.0 Å². The van der Waals surface area contributed by atoms with Gasteiger partial charge in [0.25, 0.3) is 0 Å². The SMILES string of the molecule is C=Cn1cc(CNCCS(=O)(=O)NC)cn1. The van der Waals surface area contributed by atoms with Crippen LogP contribution in [-0.2, 0) is 16.6 Å². The van der Waals surface area contributed by atoms with Crippen LogP contribution < -0.4 is 10.0 Å². The smallest absolute Gasteiger partial charge is 0.212 e. The van der Waals surface area contributed by atoms with E-state index in [9.17, 15) is 8.42 Å². The molecule has 0 spiro atoms. The van der Waals surface area contributed by atoms with Crippen molar-refractivity contribution in [2.24, 2.45) is 0 Å². The highest BCUT2D eigenvalue weighted by molar-refractivity contribution is 7.89. The van der Waals surface area contributed by atoms with E-state index in [0.717, 1.165) is 5.56 Å². The lowest BCUT2D eigenvalue weighted by Crippen LogP contribution is -2.29. The molecule has 0 fully saturated rings. The largest absolute Gasteiger partial charge is 0.311 e. The molecule has 2 N–H and O–H groups in total. The molecule has 0 saturated heterocycles. The van der Waals surface area contributed by atoms with Crippen LogP contribution >= 0.6 is 0 Å². The fraction of sp³-hybridized carbons (Fsp3) is 0.444. The summed E-state index contributed by atoms with van der Waals surface area (Å²) in [7, 11) is -1.72. The third-order valence-electron chi connectivity index (χ3n) is 2.03. The summed E-state index contributed by atoms with van der Waals surface area (Å²) in [5.41, 5.74) is 0.988. The van der Waals surface area contributed by atoms with Crippen molar-refractivity contribution < 1.29 is 8.42 Å². The molecule has 7 heteroatoms. The second-order valence-electron chi connectivity index (χ2n) is 3.21. The predicted molar refractivity (Wildman–Crippen MR) is 63.2 cm³/mol. The zero-order chi connectivity index (χ0) is 12.0. The van der Waals surface area contributed by atoms with E-state index in [2.05, 4.69) is 21.7 Å². The van der Waals surface area contributed by atoms with Crippen molar-refractivity contribution in [3.05, 3.63) is 24.5 Å². The fourth-order valence-electron chi connectivity index (χ4n) is 1.11. The van der Waals surface area contributed by atoms with Crippen LogP contribution in [0.4, 0.5) is 0 Å². The Labute approximate surface area is 95.4 Å². The van der Waals surface area contributed by atoms with Gasteiger partial charge in [0, 0.05) is 31.0 Å². The summed E-state index contributed by atoms with van der Waals surface area (Å²) < 4.78 is 26.0. The highest BCUT2D eigenvalue weighted by Crippen LogP contribution is 1.96. The van der Waals surface area contributed by atoms with Gasteiger partial charge in [0.05, 0.1) is 11.9 Å². The monoisotopic (exact) mass is 244 g/mol. The van der Waals surface area contributed by atoms with Gasteiger partial charge >= 0.3 is 0 Å². The third-order valence-corrected chi connectivity index (χ3v) is 3.39. The Balaban J connectivity index is 2.28. The number of aromatic nitrogens is 2. The highest BCUT2D eigenvalue weighted by Gasteiger charge is 2.05. The van der Waals surface area contributed by atoms with Crippen LogP contribution in [0.5, 0.6) is 0 Å². The van der Waals surface area contributed by atoms with Crippen molar-refractivity contribution >= 4 is 16.2 Å². The Morgan fingerprint density at radius 2 is 2.38 bits per heavy atom. The zero-order valence-electron chi connectivity index (χ0n) is 9.18. The van der Waals surface area contributed by atoms with Crippen molar-refractivity contribution in [2.45, 2.75) is 6.54 Å². The molecule has 90 valence electrons. The summed E-state index contributed by atoms with van der Waals surface area (Å²) in [6, 6.07) is 0. The van der Waals surface area contributed by atoms with Crippen LogP contribution in [0.25, 0.3) is 6.20 Å². The molecule has 0 atom stereocenters. The van der Waals surface area contributed by atoms with Gasteiger partial charge in [0.15, 0.2) is 0 Å². The highest BCUT2D eigenvalue weighted by atomic mass is 32.2. The van der Waals surface area contributed by atoms with Gasteiger partial charge in [-0.3, -0.25) is 0 Å². The van der Waals surface area contributed by atoms with Gasteiger partial charge in [-0.15, -0.1) is 0 Å². The molecule has 0 saturated carbocycles. The van der Waals surface area contributed by atoms with Crippen LogP contribution in [0.2, 0.25) is 0 Å². The molecule has 1 rings (SSSR count). The Hall–Kier alpha value is -1.18. The number of hydrogen-bond donors (Lipinski definition) is 2. The van der Waals surface area contributed by atoms with Gasteiger partial charge in [-0.2, -0.15) is 5.10 Å². The summed E-state index contributed by atoms with van der Waals surface area (Å²) in [4.78, 5) is 0. The second kappa shape index (κ2) is 5.78. The molecule has 16 heavy (non-hydrogen) atoms. The van der Waals surface area contributed by atoms with E-state index in [4.69, 9.17) is 0 Å². The van der Waals surface area contributed by atoms with Crippen LogP contribution in [0.15, 0.2) is 19.0 Å². The quantitative estimate of drug-likeness (QED) is 0.641. The van der Waals surface area contributed by atoms with E-state index >= 15 is 0 Å². The van der Waals surface area contributed by atoms with E-state index in [1.54, 1.807) is 17.1 Å². The standard InChI is InChI=1S/C9H16N4O2S/c1-3-13-8-9(7-12-13)6-11-4-5-16(14,15)10-2/h3,7-8,10-11H,1,4-6H2,2H3. The number of hydrogen-bond acceptors (Lipinski definition) is 4. The third kappa shape index (κ3) is 4.13. The average molecular weight is 244 g/mol. The molecule has 1 aromatic heterocycles. The van der Waals surface area contributed by atoms with Crippen LogP contribution in [-0.4, -0.2) is 37.5 Å². The minimum absolute atomic E-state index is 0.0685. The van der Waals surface area contributed by atoms with Crippen LogP contribution in [0, 0.1) is 0 Å². The number of rotatable bonds is 7. The first-order chi connectivity index (χ1) is 7.57. The first kappa shape index (κ1) is 12.9. The van der Waals surface area contributed by atoms with Crippen molar-refractivity contribution in [3.8, 4) is 0 Å². The molecule has 0 radical (unpaired) electrons. The minimum Gasteiger partial charge on any atom is -0.311 e. The van der Waals surface area contributed by atoms with Gasteiger partial charge in [-0.1, -0.05) is 6.58 Å². The van der Waals surface area contributed by atoms with Gasteiger partial charge < -0.3 is 5.32 Å². The van der Waals surface area contributed by atoms with Gasteiger partial charge in [-0.25, -0.2) is 17.8 Å². The second-order valence-corrected chi connectivity index (χ2v) is 5.26. The Bertz CT molecular complexity index is 438. The Kier molecular flexibility index (Phi) is 4.66. The Morgan fingerprint density at radius 1 is 1.62 bits per heavy atom. The van der Waals surface area contributed by atoms with Crippen molar-refractivity contribution in [1.82, 2.24) is 19.8 Å². The lowest BCUT2D eigenvalue weighted by Gasteiger charge is -2.03. The lowest BCUT2D eigenvalue weighted by molar-refractivity contribution is 0.583. The molecule has 6 nitrogen and oxygen atoms in total. The molecule has 0 aliphatic heterocycles. The van der Waals surface area contributed by atoms with E-state index in [-0.39, 0.29) is 5.75 Å². The average Bonchev–Trinajstić information content (AvgIpc) is 2.72. The lowest BCUT2D eigenvalue weighted by atomic mass is 10.3. The van der Waals surface area contributed by atoms with Crippen LogP contribution in [0.1, 0.15) is 5.56 Å². The molecule has 0 aliphatic carbocycles. The maximum absolute atomic E-state index is 11.1. The molecular formula is C9H16N4O2S. The fourth-order valence-corrected chi connectivity index (χ4v) is 1.73. The summed E-state index contributed by atoms with van der Waals surface area (Å²) in [6.45, 7) is 4.57. The number of nitrogens with zero attached hydrogens (tertiary/aromatic N) is 2. The first-order valence-corrected chi connectivity index (χ1v) is 6.50. The molecular weight excluding hydrogens is 228 g/mol. The topological polar surface area (TPSA) is 76.0 Å². The zero-order valence-corrected chi connectivity index (χ0v) is 10.00. The van der Waals surface area contributed by atoms with Gasteiger partial charge in [0.2, 0.25) is 10.0 Å². The predicted octanol–water partition coefficient (Wildman–Crippen LogP) is -0.378. The molecule has 0 amide bonds. The van der Waals surface area contributed by atoms with E-state index in [1.165, 1.54) is 7.05 Å². The minimum atomic E-state index is -3.12. The van der Waals surface area contributed by atoms with E-state index in [1.807, 2.05) is 6.20 Å². The molecule has 1 heterocycles. The number of sulfonamides is 1. The summed E-state index contributed by atoms with van der Waals surface area (Å²) in [6.07, 6.45) is 5.13. The molecule has 0 aliphatic rings. The van der Waals surface area contributed by atoms with Crippen molar-refractivity contribution in [2.75, 3.05) is 19.3 Å². The van der Waals surface area contributed by atoms with Crippen molar-refractivity contribution in [3.63, 3.8) is 0 Å². The van der Waals surface area contributed by atoms with Gasteiger partial charge in [0.1, 0.15) is 0 Å². The summed E-state index contributed by atoms with van der Waals surface area (Å²) in [5, 5.41) is 7.03. The summed E-state index contributed by atoms with van der Waals surface area (Å²) in [5.74, 6) is 0.0685.